The minimum Gasteiger partial charge on any atom is -0.456 e. The van der Waals surface area contributed by atoms with Crippen LogP contribution in [0.1, 0.15) is 303 Å². The van der Waals surface area contributed by atoms with Crippen molar-refractivity contribution in [2.24, 2.45) is 0 Å². The Hall–Kier alpha value is -1.77. The zero-order chi connectivity index (χ0) is 53.6. The van der Waals surface area contributed by atoms with Crippen molar-refractivity contribution in [1.29, 1.82) is 0 Å². The van der Waals surface area contributed by atoms with Crippen molar-refractivity contribution < 1.29 is 37.3 Å². The number of phosphoric acid groups is 1. The van der Waals surface area contributed by atoms with Crippen LogP contribution in [0.2, 0.25) is 0 Å². The number of carbonyl (C=O) groups is 2. The molecule has 0 aromatic rings. The number of esters is 1. The lowest BCUT2D eigenvalue weighted by Gasteiger charge is -2.27. The number of nitrogens with zero attached hydrogens (tertiary/aromatic N) is 1. The fraction of sp³-hybridized carbons (Fsp3) is 0.873. The van der Waals surface area contributed by atoms with Crippen LogP contribution in [0.5, 0.6) is 0 Å². The Labute approximate surface area is 453 Å². The largest absolute Gasteiger partial charge is 0.472 e. The van der Waals surface area contributed by atoms with Crippen LogP contribution in [-0.4, -0.2) is 74.3 Å². The molecule has 0 spiro atoms. The second-order valence-corrected chi connectivity index (χ2v) is 24.0. The second kappa shape index (κ2) is 53.6. The van der Waals surface area contributed by atoms with Gasteiger partial charge >= 0.3 is 13.8 Å². The quantitative estimate of drug-likeness (QED) is 0.0205. The number of carbonyl (C=O) groups excluding carboxylic acids is 2. The van der Waals surface area contributed by atoms with Gasteiger partial charge in [0.2, 0.25) is 5.91 Å². The number of likely N-dealkylation sites (N-methyl/N-ethyl adjacent to an activating group) is 1. The summed E-state index contributed by atoms with van der Waals surface area (Å²) in [6.45, 7) is 7.02. The van der Waals surface area contributed by atoms with E-state index < -0.39 is 20.0 Å². The summed E-state index contributed by atoms with van der Waals surface area (Å²) in [7, 11) is 1.51. The van der Waals surface area contributed by atoms with Crippen molar-refractivity contribution >= 4 is 19.7 Å². The number of ether oxygens (including phenoxy) is 1. The number of phosphoric ester groups is 1. The van der Waals surface area contributed by atoms with Gasteiger partial charge in [0.15, 0.2) is 0 Å². The number of rotatable bonds is 57. The van der Waals surface area contributed by atoms with E-state index in [1.807, 2.05) is 33.3 Å². The number of unbranched alkanes of at least 4 members (excludes halogenated alkanes) is 37. The molecule has 0 aromatic carbocycles. The van der Waals surface area contributed by atoms with Crippen LogP contribution >= 0.6 is 7.82 Å². The molecule has 73 heavy (non-hydrogen) atoms. The zero-order valence-corrected chi connectivity index (χ0v) is 50.0. The molecule has 0 aliphatic rings. The van der Waals surface area contributed by atoms with Crippen LogP contribution in [0, 0.1) is 0 Å². The Kier molecular flexibility index (Phi) is 52.3. The normalized spacial score (nSPS) is 13.9. The van der Waals surface area contributed by atoms with E-state index in [0.29, 0.717) is 23.9 Å². The molecule has 9 nitrogen and oxygen atoms in total. The molecule has 0 saturated heterocycles. The first-order valence-electron chi connectivity index (χ1n) is 31.3. The summed E-state index contributed by atoms with van der Waals surface area (Å²) in [6.07, 6.45) is 64.2. The van der Waals surface area contributed by atoms with Gasteiger partial charge in [-0.1, -0.05) is 263 Å². The topological polar surface area (TPSA) is 111 Å². The van der Waals surface area contributed by atoms with Crippen LogP contribution in [0.4, 0.5) is 0 Å². The lowest BCUT2D eigenvalue weighted by molar-refractivity contribution is -0.870. The first-order valence-corrected chi connectivity index (χ1v) is 32.8. The second-order valence-electron chi connectivity index (χ2n) is 22.6. The van der Waals surface area contributed by atoms with Crippen molar-refractivity contribution in [2.75, 3.05) is 40.9 Å². The van der Waals surface area contributed by atoms with E-state index in [0.717, 1.165) is 64.2 Å². The molecule has 3 unspecified atom stereocenters. The van der Waals surface area contributed by atoms with Gasteiger partial charge in [0, 0.05) is 12.8 Å². The smallest absolute Gasteiger partial charge is 0.456 e. The van der Waals surface area contributed by atoms with Crippen molar-refractivity contribution in [3.63, 3.8) is 0 Å². The van der Waals surface area contributed by atoms with Gasteiger partial charge in [0.1, 0.15) is 19.3 Å². The Morgan fingerprint density at radius 3 is 1.26 bits per heavy atom. The summed E-state index contributed by atoms with van der Waals surface area (Å²) in [4.78, 5) is 37.7. The molecule has 430 valence electrons. The average molecular weight is 1050 g/mol. The standard InChI is InChI=1S/C63H121N2O7P/c1-7-10-13-16-19-22-25-27-29-30-31-32-33-34-36-38-41-44-47-50-53-56-63(67)72-61(54-51-48-45-42-39-24-21-18-15-12-9-3)60(59-71-73(68,69)70-58-57-65(4,5)6)64-62(66)55-52-49-46-43-40-37-35-28-26-23-20-17-14-11-8-2/h19,22,27,29,51,54,60-61H,7-18,20-21,23-26,28,30-50,52-53,55-59H2,1-6H3,(H-,64,66,68,69)/p+1/b22-19-,29-27-,54-51+. The molecular weight excluding hydrogens is 928 g/mol. The molecule has 0 rings (SSSR count). The van der Waals surface area contributed by atoms with Gasteiger partial charge in [-0.15, -0.1) is 0 Å². The monoisotopic (exact) mass is 1050 g/mol. The van der Waals surface area contributed by atoms with Crippen LogP contribution in [0.3, 0.4) is 0 Å². The molecule has 0 saturated carbocycles. The van der Waals surface area contributed by atoms with E-state index in [9.17, 15) is 19.0 Å². The molecular formula is C63H122N2O7P+. The summed E-state index contributed by atoms with van der Waals surface area (Å²) in [5.41, 5.74) is 0. The highest BCUT2D eigenvalue weighted by Crippen LogP contribution is 2.43. The number of allylic oxidation sites excluding steroid dienone is 5. The first-order chi connectivity index (χ1) is 35.4. The van der Waals surface area contributed by atoms with Gasteiger partial charge in [0.25, 0.3) is 0 Å². The minimum atomic E-state index is -4.44. The fourth-order valence-electron chi connectivity index (χ4n) is 9.21. The summed E-state index contributed by atoms with van der Waals surface area (Å²) < 4.78 is 30.7. The highest BCUT2D eigenvalue weighted by atomic mass is 31.2. The first kappa shape index (κ1) is 71.2. The Bertz CT molecular complexity index is 1350. The van der Waals surface area contributed by atoms with E-state index in [4.69, 9.17) is 13.8 Å². The highest BCUT2D eigenvalue weighted by molar-refractivity contribution is 7.47. The van der Waals surface area contributed by atoms with E-state index in [2.05, 4.69) is 50.4 Å². The molecule has 0 radical (unpaired) electrons. The molecule has 0 heterocycles. The van der Waals surface area contributed by atoms with Crippen LogP contribution in [0.25, 0.3) is 0 Å². The number of hydrogen-bond donors (Lipinski definition) is 2. The van der Waals surface area contributed by atoms with Gasteiger partial charge in [-0.25, -0.2) is 4.57 Å². The van der Waals surface area contributed by atoms with E-state index in [1.165, 1.54) is 205 Å². The SMILES string of the molecule is CCCCC/C=C\C/C=C\CCCCCCCCCCCCCC(=O)OC(/C=C/CCCCCCCCCCC)C(COP(=O)(O)OCC[N+](C)(C)C)NC(=O)CCCCCCCCCCCCCCCCC. The van der Waals surface area contributed by atoms with Crippen molar-refractivity contribution in [3.8, 4) is 0 Å². The lowest BCUT2D eigenvalue weighted by atomic mass is 10.0. The number of nitrogens with one attached hydrogen (secondary N) is 1. The Morgan fingerprint density at radius 1 is 0.479 bits per heavy atom. The molecule has 1 amide bonds. The lowest BCUT2D eigenvalue weighted by Crippen LogP contribution is -2.47. The van der Waals surface area contributed by atoms with Gasteiger partial charge < -0.3 is 19.4 Å². The Morgan fingerprint density at radius 2 is 0.836 bits per heavy atom. The molecule has 0 aromatic heterocycles. The third-order valence-electron chi connectivity index (χ3n) is 14.1. The molecule has 0 aliphatic carbocycles. The van der Waals surface area contributed by atoms with E-state index in [1.54, 1.807) is 0 Å². The maximum atomic E-state index is 13.5. The molecule has 0 fully saturated rings. The summed E-state index contributed by atoms with van der Waals surface area (Å²) in [6, 6.07) is -0.844. The maximum absolute atomic E-state index is 13.5. The molecule has 3 atom stereocenters. The predicted octanol–water partition coefficient (Wildman–Crippen LogP) is 19.1. The van der Waals surface area contributed by atoms with Crippen molar-refractivity contribution in [1.82, 2.24) is 5.32 Å². The number of amides is 1. The highest BCUT2D eigenvalue weighted by Gasteiger charge is 2.30. The number of hydrogen-bond acceptors (Lipinski definition) is 6. The van der Waals surface area contributed by atoms with Gasteiger partial charge in [-0.3, -0.25) is 18.6 Å². The van der Waals surface area contributed by atoms with E-state index in [-0.39, 0.29) is 25.1 Å². The minimum absolute atomic E-state index is 0.0425. The average Bonchev–Trinajstić information content (AvgIpc) is 3.35. The zero-order valence-electron chi connectivity index (χ0n) is 49.1. The third kappa shape index (κ3) is 54.8. The van der Waals surface area contributed by atoms with Crippen molar-refractivity contribution in [2.45, 2.75) is 315 Å². The van der Waals surface area contributed by atoms with Crippen LogP contribution in [-0.2, 0) is 27.9 Å². The molecule has 2 N–H and O–H groups in total. The predicted molar refractivity (Wildman–Crippen MR) is 314 cm³/mol. The van der Waals surface area contributed by atoms with Gasteiger partial charge in [-0.05, 0) is 63.9 Å². The fourth-order valence-corrected chi connectivity index (χ4v) is 9.94. The van der Waals surface area contributed by atoms with Gasteiger partial charge in [-0.2, -0.15) is 0 Å². The maximum Gasteiger partial charge on any atom is 0.472 e. The molecule has 0 bridgehead atoms. The van der Waals surface area contributed by atoms with Gasteiger partial charge in [0.05, 0.1) is 33.8 Å². The van der Waals surface area contributed by atoms with Crippen LogP contribution < -0.4 is 5.32 Å². The van der Waals surface area contributed by atoms with Crippen molar-refractivity contribution in [3.05, 3.63) is 36.5 Å². The summed E-state index contributed by atoms with van der Waals surface area (Å²) >= 11 is 0. The summed E-state index contributed by atoms with van der Waals surface area (Å²) in [5, 5.41) is 3.06. The van der Waals surface area contributed by atoms with E-state index >= 15 is 0 Å². The number of quaternary nitrogens is 1. The summed E-state index contributed by atoms with van der Waals surface area (Å²) in [5.74, 6) is -0.494. The molecule has 10 heteroatoms. The third-order valence-corrected chi connectivity index (χ3v) is 15.1. The van der Waals surface area contributed by atoms with Crippen LogP contribution in [0.15, 0.2) is 36.5 Å². The molecule has 0 aliphatic heterocycles. The Balaban J connectivity index is 5.16.